The molecule has 0 radical (unpaired) electrons. The maximum atomic E-state index is 12.4. The first kappa shape index (κ1) is 15.2. The van der Waals surface area contributed by atoms with Gasteiger partial charge in [0.2, 0.25) is 0 Å². The van der Waals surface area contributed by atoms with Crippen molar-refractivity contribution in [1.29, 1.82) is 0 Å². The van der Waals surface area contributed by atoms with Gasteiger partial charge in [0.1, 0.15) is 11.5 Å². The lowest BCUT2D eigenvalue weighted by Crippen LogP contribution is -2.27. The van der Waals surface area contributed by atoms with Crippen molar-refractivity contribution in [3.05, 3.63) is 56.8 Å². The number of rotatable bonds is 2. The van der Waals surface area contributed by atoms with E-state index in [0.29, 0.717) is 21.4 Å². The summed E-state index contributed by atoms with van der Waals surface area (Å²) in [6, 6.07) is 8.13. The molecule has 1 aromatic carbocycles. The molecule has 2 heterocycles. The number of hydrogen-bond acceptors (Lipinski definition) is 4. The fourth-order valence-corrected chi connectivity index (χ4v) is 3.09. The second-order valence-corrected chi connectivity index (χ2v) is 6.37. The van der Waals surface area contributed by atoms with Crippen molar-refractivity contribution < 1.29 is 14.0 Å². The number of halogens is 2. The standard InChI is InChI=1S/C15H9Cl2NO3S/c1-8-2-4-10(21-8)7-13-14(19)18(15(20)22-13)9-3-5-11(16)12(17)6-9/h2-7H,1H3/b13-7+. The second kappa shape index (κ2) is 5.83. The smallest absolute Gasteiger partial charge is 0.298 e. The number of imide groups is 1. The minimum Gasteiger partial charge on any atom is -0.462 e. The molecule has 1 fully saturated rings. The van der Waals surface area contributed by atoms with E-state index < -0.39 is 11.1 Å². The number of carbonyl (C=O) groups excluding carboxylic acids is 2. The number of nitrogens with zero attached hydrogens (tertiary/aromatic N) is 1. The van der Waals surface area contributed by atoms with Crippen molar-refractivity contribution in [3.8, 4) is 0 Å². The predicted molar refractivity (Wildman–Crippen MR) is 88.4 cm³/mol. The van der Waals surface area contributed by atoms with Crippen LogP contribution in [0.3, 0.4) is 0 Å². The van der Waals surface area contributed by atoms with Crippen LogP contribution in [0.1, 0.15) is 11.5 Å². The SMILES string of the molecule is Cc1ccc(/C=C2/SC(=O)N(c3ccc(Cl)c(Cl)c3)C2=O)o1. The van der Waals surface area contributed by atoms with Crippen molar-refractivity contribution in [1.82, 2.24) is 0 Å². The van der Waals surface area contributed by atoms with Crippen molar-refractivity contribution in [2.45, 2.75) is 6.92 Å². The third kappa shape index (κ3) is 2.79. The molecule has 7 heteroatoms. The van der Waals surface area contributed by atoms with Crippen LogP contribution in [-0.2, 0) is 4.79 Å². The van der Waals surface area contributed by atoms with Gasteiger partial charge in [0.15, 0.2) is 0 Å². The average molecular weight is 354 g/mol. The molecule has 1 aliphatic heterocycles. The summed E-state index contributed by atoms with van der Waals surface area (Å²) in [7, 11) is 0. The Morgan fingerprint density at radius 2 is 1.91 bits per heavy atom. The fourth-order valence-electron chi connectivity index (χ4n) is 1.97. The minimum absolute atomic E-state index is 0.281. The molecule has 22 heavy (non-hydrogen) atoms. The third-order valence-electron chi connectivity index (χ3n) is 2.99. The van der Waals surface area contributed by atoms with E-state index in [-0.39, 0.29) is 5.02 Å². The molecule has 0 saturated carbocycles. The minimum atomic E-state index is -0.414. The lowest BCUT2D eigenvalue weighted by atomic mass is 10.3. The zero-order chi connectivity index (χ0) is 15.9. The van der Waals surface area contributed by atoms with E-state index in [9.17, 15) is 9.59 Å². The molecule has 3 rings (SSSR count). The highest BCUT2D eigenvalue weighted by molar-refractivity contribution is 8.19. The van der Waals surface area contributed by atoms with E-state index in [1.54, 1.807) is 37.3 Å². The third-order valence-corrected chi connectivity index (χ3v) is 4.60. The molecule has 1 saturated heterocycles. The number of thioether (sulfide) groups is 1. The molecule has 0 aliphatic carbocycles. The molecule has 0 bridgehead atoms. The number of carbonyl (C=O) groups is 2. The predicted octanol–water partition coefficient (Wildman–Crippen LogP) is 5.14. The van der Waals surface area contributed by atoms with Crippen LogP contribution in [0, 0.1) is 6.92 Å². The summed E-state index contributed by atoms with van der Waals surface area (Å²) in [6.07, 6.45) is 1.55. The van der Waals surface area contributed by atoms with Gasteiger partial charge in [0.05, 0.1) is 20.6 Å². The zero-order valence-corrected chi connectivity index (χ0v) is 13.6. The Labute approximate surface area is 140 Å². The molecule has 4 nitrogen and oxygen atoms in total. The van der Waals surface area contributed by atoms with Crippen LogP contribution in [0.25, 0.3) is 6.08 Å². The topological polar surface area (TPSA) is 50.5 Å². The van der Waals surface area contributed by atoms with Crippen molar-refractivity contribution in [2.24, 2.45) is 0 Å². The van der Waals surface area contributed by atoms with Gasteiger partial charge < -0.3 is 4.42 Å². The summed E-state index contributed by atoms with van der Waals surface area (Å²) >= 11 is 12.6. The Morgan fingerprint density at radius 3 is 2.55 bits per heavy atom. The number of amides is 2. The lowest BCUT2D eigenvalue weighted by molar-refractivity contribution is -0.113. The summed E-state index contributed by atoms with van der Waals surface area (Å²) in [5.74, 6) is 0.842. The van der Waals surface area contributed by atoms with Gasteiger partial charge in [0.25, 0.3) is 11.1 Å². The van der Waals surface area contributed by atoms with Crippen molar-refractivity contribution >= 4 is 57.9 Å². The molecule has 1 aromatic heterocycles. The second-order valence-electron chi connectivity index (χ2n) is 4.56. The van der Waals surface area contributed by atoms with Crippen LogP contribution in [-0.4, -0.2) is 11.1 Å². The number of anilines is 1. The quantitative estimate of drug-likeness (QED) is 0.701. The zero-order valence-electron chi connectivity index (χ0n) is 11.3. The first-order valence-corrected chi connectivity index (χ1v) is 7.82. The Bertz CT molecular complexity index is 813. The molecular weight excluding hydrogens is 345 g/mol. The first-order chi connectivity index (χ1) is 10.5. The Kier molecular flexibility index (Phi) is 4.04. The van der Waals surface area contributed by atoms with Crippen LogP contribution < -0.4 is 4.90 Å². The number of aryl methyl sites for hydroxylation is 1. The van der Waals surface area contributed by atoms with Crippen molar-refractivity contribution in [2.75, 3.05) is 4.90 Å². The van der Waals surface area contributed by atoms with Crippen molar-refractivity contribution in [3.63, 3.8) is 0 Å². The fraction of sp³-hybridized carbons (Fsp3) is 0.0667. The number of hydrogen-bond donors (Lipinski definition) is 0. The van der Waals surface area contributed by atoms with Crippen LogP contribution >= 0.6 is 35.0 Å². The summed E-state index contributed by atoms with van der Waals surface area (Å²) in [5, 5.41) is 0.251. The van der Waals surface area contributed by atoms with Gasteiger partial charge in [0, 0.05) is 6.08 Å². The maximum absolute atomic E-state index is 12.4. The van der Waals surface area contributed by atoms with Gasteiger partial charge in [-0.2, -0.15) is 0 Å². The van der Waals surface area contributed by atoms with Crippen LogP contribution in [0.2, 0.25) is 10.0 Å². The molecular formula is C15H9Cl2NO3S. The maximum Gasteiger partial charge on any atom is 0.298 e. The van der Waals surface area contributed by atoms with E-state index >= 15 is 0 Å². The van der Waals surface area contributed by atoms with Gasteiger partial charge >= 0.3 is 0 Å². The van der Waals surface area contributed by atoms with Crippen LogP contribution in [0.5, 0.6) is 0 Å². The molecule has 1 aliphatic rings. The molecule has 0 spiro atoms. The van der Waals surface area contributed by atoms with Gasteiger partial charge in [-0.15, -0.1) is 0 Å². The molecule has 0 N–H and O–H groups in total. The number of furan rings is 1. The van der Waals surface area contributed by atoms with Gasteiger partial charge in [-0.1, -0.05) is 23.2 Å². The van der Waals surface area contributed by atoms with E-state index in [0.717, 1.165) is 22.4 Å². The number of benzene rings is 1. The van der Waals surface area contributed by atoms with Crippen LogP contribution in [0.15, 0.2) is 39.7 Å². The lowest BCUT2D eigenvalue weighted by Gasteiger charge is -2.12. The summed E-state index contributed by atoms with van der Waals surface area (Å²) in [6.45, 7) is 1.80. The highest BCUT2D eigenvalue weighted by Gasteiger charge is 2.36. The van der Waals surface area contributed by atoms with E-state index in [1.807, 2.05) is 0 Å². The van der Waals surface area contributed by atoms with Gasteiger partial charge in [-0.25, -0.2) is 4.90 Å². The Hall–Kier alpha value is -1.69. The summed E-state index contributed by atoms with van der Waals surface area (Å²) in [4.78, 5) is 25.9. The first-order valence-electron chi connectivity index (χ1n) is 6.25. The highest BCUT2D eigenvalue weighted by Crippen LogP contribution is 2.37. The Morgan fingerprint density at radius 1 is 1.14 bits per heavy atom. The summed E-state index contributed by atoms with van der Waals surface area (Å²) < 4.78 is 5.39. The highest BCUT2D eigenvalue weighted by atomic mass is 35.5. The van der Waals surface area contributed by atoms with Crippen LogP contribution in [0.4, 0.5) is 10.5 Å². The molecule has 0 unspecified atom stereocenters. The van der Waals surface area contributed by atoms with Gasteiger partial charge in [-0.3, -0.25) is 9.59 Å². The molecule has 2 aromatic rings. The average Bonchev–Trinajstić information content (AvgIpc) is 2.98. The van der Waals surface area contributed by atoms with E-state index in [4.69, 9.17) is 27.6 Å². The largest absolute Gasteiger partial charge is 0.462 e. The molecule has 2 amide bonds. The van der Waals surface area contributed by atoms with E-state index in [2.05, 4.69) is 0 Å². The Balaban J connectivity index is 1.94. The molecule has 112 valence electrons. The molecule has 0 atom stereocenters. The van der Waals surface area contributed by atoms with Gasteiger partial charge in [-0.05, 0) is 49.0 Å². The monoisotopic (exact) mass is 353 g/mol. The normalized spacial score (nSPS) is 16.9. The van der Waals surface area contributed by atoms with E-state index in [1.165, 1.54) is 6.07 Å². The summed E-state index contributed by atoms with van der Waals surface area (Å²) in [5.41, 5.74) is 0.385.